The summed E-state index contributed by atoms with van der Waals surface area (Å²) in [5, 5.41) is 0. The van der Waals surface area contributed by atoms with E-state index in [-0.39, 0.29) is 32.7 Å². The molecule has 0 heterocycles. The minimum Gasteiger partial charge on any atom is -0.340 e. The van der Waals surface area contributed by atoms with Crippen molar-refractivity contribution in [2.75, 3.05) is 0 Å². The van der Waals surface area contributed by atoms with Gasteiger partial charge in [-0.2, -0.15) is 11.8 Å². The summed E-state index contributed by atoms with van der Waals surface area (Å²) < 4.78 is 0. The van der Waals surface area contributed by atoms with Crippen LogP contribution in [-0.2, 0) is 32.7 Å². The van der Waals surface area contributed by atoms with Gasteiger partial charge in [0, 0.05) is 32.7 Å². The normalized spacial score (nSPS) is 23.3. The molecular weight excluding hydrogens is 185 g/mol. The van der Waals surface area contributed by atoms with Gasteiger partial charge in [0.25, 0.3) is 0 Å². The topological polar surface area (TPSA) is 0 Å². The van der Waals surface area contributed by atoms with Crippen LogP contribution in [-0.4, -0.2) is 0 Å². The maximum atomic E-state index is 3.75. The van der Waals surface area contributed by atoms with E-state index in [4.69, 9.17) is 0 Å². The van der Waals surface area contributed by atoms with E-state index in [1.807, 2.05) is 0 Å². The molecule has 9 heavy (non-hydrogen) atoms. The Morgan fingerprint density at radius 1 is 0.778 bits per heavy atom. The Morgan fingerprint density at radius 3 is 0.889 bits per heavy atom. The van der Waals surface area contributed by atoms with Crippen molar-refractivity contribution in [1.29, 1.82) is 0 Å². The predicted molar refractivity (Wildman–Crippen MR) is 36.2 cm³/mol. The minimum absolute atomic E-state index is 0. The van der Waals surface area contributed by atoms with Crippen LogP contribution in [0.5, 0.6) is 0 Å². The van der Waals surface area contributed by atoms with E-state index < -0.39 is 0 Å². The van der Waals surface area contributed by atoms with Gasteiger partial charge in [0.1, 0.15) is 0 Å². The average Bonchev–Trinajstić information content (AvgIpc) is 2.47. The van der Waals surface area contributed by atoms with Gasteiger partial charge in [-0.1, -0.05) is 25.7 Å². The summed E-state index contributed by atoms with van der Waals surface area (Å²) in [7, 11) is 0. The van der Waals surface area contributed by atoms with E-state index in [9.17, 15) is 0 Å². The van der Waals surface area contributed by atoms with Crippen LogP contribution in [0.1, 0.15) is 25.7 Å². The van der Waals surface area contributed by atoms with Crippen LogP contribution >= 0.6 is 0 Å². The Labute approximate surface area is 83.7 Å². The molecule has 0 amide bonds. The maximum Gasteiger partial charge on any atom is 0 e. The van der Waals surface area contributed by atoms with E-state index in [0.29, 0.717) is 0 Å². The molecule has 0 aromatic rings. The predicted octanol–water partition coefficient (Wildman–Crippen LogP) is 2.46. The monoisotopic (exact) mass is 199 g/mol. The van der Waals surface area contributed by atoms with Gasteiger partial charge in [0.15, 0.2) is 0 Å². The Morgan fingerprint density at radius 2 is 0.889 bits per heavy atom. The van der Waals surface area contributed by atoms with Crippen LogP contribution in [0.25, 0.3) is 0 Å². The fraction of sp³-hybridized carbons (Fsp3) is 0.750. The van der Waals surface area contributed by atoms with E-state index in [1.165, 1.54) is 25.7 Å². The van der Waals surface area contributed by atoms with Crippen molar-refractivity contribution in [2.45, 2.75) is 25.7 Å². The standard InChI is InChI=1S/2C4H7.Y/c2*1-4-2-3-4;/h2*4H,1-3H2;/q2*-1;. The molecule has 0 aliphatic heterocycles. The summed E-state index contributed by atoms with van der Waals surface area (Å²) in [5.41, 5.74) is 0. The van der Waals surface area contributed by atoms with E-state index in [0.717, 1.165) is 11.8 Å². The number of rotatable bonds is 0. The molecule has 0 bridgehead atoms. The zero-order chi connectivity index (χ0) is 5.98. The Hall–Kier alpha value is 1.10. The molecule has 51 valence electrons. The summed E-state index contributed by atoms with van der Waals surface area (Å²) in [5.74, 6) is 1.67. The summed E-state index contributed by atoms with van der Waals surface area (Å²) in [6, 6.07) is 0. The van der Waals surface area contributed by atoms with Gasteiger partial charge in [0.05, 0.1) is 0 Å². The molecular formula is C8H14Y-2. The molecule has 2 fully saturated rings. The number of hydrogen-bond donors (Lipinski definition) is 0. The van der Waals surface area contributed by atoms with Crippen LogP contribution in [0, 0.1) is 25.7 Å². The van der Waals surface area contributed by atoms with Gasteiger partial charge in [-0.3, -0.25) is 0 Å². The molecule has 0 spiro atoms. The molecule has 2 saturated carbocycles. The molecule has 0 aromatic carbocycles. The van der Waals surface area contributed by atoms with Crippen LogP contribution in [0.3, 0.4) is 0 Å². The van der Waals surface area contributed by atoms with Crippen LogP contribution < -0.4 is 0 Å². The molecule has 2 aliphatic carbocycles. The Balaban J connectivity index is 0.000000128. The van der Waals surface area contributed by atoms with E-state index in [2.05, 4.69) is 13.8 Å². The van der Waals surface area contributed by atoms with Gasteiger partial charge in [-0.05, 0) is 0 Å². The fourth-order valence-corrected chi connectivity index (χ4v) is 0.236. The van der Waals surface area contributed by atoms with Crippen LogP contribution in [0.4, 0.5) is 0 Å². The third-order valence-electron chi connectivity index (χ3n) is 1.39. The quantitative estimate of drug-likeness (QED) is 0.525. The molecule has 1 heteroatoms. The zero-order valence-corrected chi connectivity index (χ0v) is 8.81. The summed E-state index contributed by atoms with van der Waals surface area (Å²) >= 11 is 0. The average molecular weight is 199 g/mol. The van der Waals surface area contributed by atoms with Crippen molar-refractivity contribution in [1.82, 2.24) is 0 Å². The third kappa shape index (κ3) is 9.10. The Bertz CT molecular complexity index is 53.0. The molecule has 0 aromatic heterocycles. The van der Waals surface area contributed by atoms with Crippen LogP contribution in [0.15, 0.2) is 0 Å². The van der Waals surface area contributed by atoms with Gasteiger partial charge in [-0.15, -0.1) is 0 Å². The second kappa shape index (κ2) is 4.85. The summed E-state index contributed by atoms with van der Waals surface area (Å²) in [4.78, 5) is 0. The number of hydrogen-bond acceptors (Lipinski definition) is 0. The molecule has 2 aliphatic rings. The minimum atomic E-state index is 0. The van der Waals surface area contributed by atoms with Crippen molar-refractivity contribution in [2.24, 2.45) is 11.8 Å². The van der Waals surface area contributed by atoms with Crippen LogP contribution in [0.2, 0.25) is 0 Å². The van der Waals surface area contributed by atoms with Crippen molar-refractivity contribution >= 4 is 0 Å². The molecule has 2 rings (SSSR count). The first-order valence-corrected chi connectivity index (χ1v) is 3.45. The van der Waals surface area contributed by atoms with E-state index in [1.54, 1.807) is 0 Å². The molecule has 0 N–H and O–H groups in total. The molecule has 1 radical (unpaired) electrons. The largest absolute Gasteiger partial charge is 0.340 e. The fourth-order valence-electron chi connectivity index (χ4n) is 0.236. The summed E-state index contributed by atoms with van der Waals surface area (Å²) in [6.07, 6.45) is 5.50. The van der Waals surface area contributed by atoms with Crippen molar-refractivity contribution in [3.63, 3.8) is 0 Å². The van der Waals surface area contributed by atoms with Crippen molar-refractivity contribution in [3.05, 3.63) is 13.8 Å². The second-order valence-corrected chi connectivity index (χ2v) is 2.89. The van der Waals surface area contributed by atoms with Gasteiger partial charge in [-0.25, -0.2) is 0 Å². The smallest absolute Gasteiger partial charge is 0 e. The first-order valence-electron chi connectivity index (χ1n) is 3.45. The second-order valence-electron chi connectivity index (χ2n) is 2.89. The molecule has 0 unspecified atom stereocenters. The maximum absolute atomic E-state index is 3.75. The van der Waals surface area contributed by atoms with Gasteiger partial charge < -0.3 is 13.8 Å². The molecule has 0 atom stereocenters. The van der Waals surface area contributed by atoms with E-state index >= 15 is 0 Å². The Kier molecular flexibility index (Phi) is 5.44. The SMILES string of the molecule is [CH2-]C1CC1.[CH2-]C1CC1.[Y]. The third-order valence-corrected chi connectivity index (χ3v) is 1.39. The van der Waals surface area contributed by atoms with Gasteiger partial charge in [0.2, 0.25) is 0 Å². The van der Waals surface area contributed by atoms with Gasteiger partial charge >= 0.3 is 0 Å². The molecule has 0 nitrogen and oxygen atoms in total. The van der Waals surface area contributed by atoms with Crippen molar-refractivity contribution < 1.29 is 32.7 Å². The summed E-state index contributed by atoms with van der Waals surface area (Å²) in [6.45, 7) is 7.50. The van der Waals surface area contributed by atoms with Crippen molar-refractivity contribution in [3.8, 4) is 0 Å². The molecule has 0 saturated heterocycles. The first-order chi connectivity index (χ1) is 3.79. The zero-order valence-electron chi connectivity index (χ0n) is 5.97. The first kappa shape index (κ1) is 10.1.